The Balaban J connectivity index is 0.00000338. The first-order valence-electron chi connectivity index (χ1n) is 8.08. The molecule has 26 heavy (non-hydrogen) atoms. The van der Waals surface area contributed by atoms with Crippen molar-refractivity contribution in [3.05, 3.63) is 18.2 Å². The van der Waals surface area contributed by atoms with Gasteiger partial charge in [0.15, 0.2) is 9.84 Å². The highest BCUT2D eigenvalue weighted by atomic mass is 35.5. The highest BCUT2D eigenvalue weighted by Crippen LogP contribution is 2.27. The summed E-state index contributed by atoms with van der Waals surface area (Å²) in [6.45, 7) is 1.37. The summed E-state index contributed by atoms with van der Waals surface area (Å²) < 4.78 is 34.2. The number of methoxy groups -OCH3 is 1. The van der Waals surface area contributed by atoms with Crippen LogP contribution in [0.2, 0.25) is 0 Å². The zero-order valence-corrected chi connectivity index (χ0v) is 16.5. The third-order valence-electron chi connectivity index (χ3n) is 3.96. The molecule has 1 aromatic carbocycles. The van der Waals surface area contributed by atoms with Gasteiger partial charge in [-0.3, -0.25) is 4.79 Å². The van der Waals surface area contributed by atoms with E-state index in [1.54, 1.807) is 13.2 Å². The van der Waals surface area contributed by atoms with Gasteiger partial charge in [0.25, 0.3) is 5.91 Å². The maximum atomic E-state index is 12.4. The second-order valence-electron chi connectivity index (χ2n) is 5.95. The molecule has 1 amide bonds. The summed E-state index contributed by atoms with van der Waals surface area (Å²) in [7, 11) is -1.80. The fraction of sp³-hybridized carbons (Fsp3) is 0.562. The molecule has 0 saturated carbocycles. The summed E-state index contributed by atoms with van der Waals surface area (Å²) >= 11 is 0. The number of hydrogen-bond donors (Lipinski definition) is 3. The third-order valence-corrected chi connectivity index (χ3v) is 5.07. The lowest BCUT2D eigenvalue weighted by Crippen LogP contribution is -2.30. The molecule has 0 aromatic heterocycles. The van der Waals surface area contributed by atoms with Crippen LogP contribution in [0.4, 0.5) is 11.4 Å². The van der Waals surface area contributed by atoms with Gasteiger partial charge in [-0.2, -0.15) is 0 Å². The highest BCUT2D eigenvalue weighted by molar-refractivity contribution is 7.90. The molecule has 0 radical (unpaired) electrons. The summed E-state index contributed by atoms with van der Waals surface area (Å²) in [5.41, 5.74) is 6.57. The molecule has 1 aliphatic heterocycles. The minimum atomic E-state index is -3.39. The Morgan fingerprint density at radius 2 is 2.08 bits per heavy atom. The van der Waals surface area contributed by atoms with Gasteiger partial charge in [-0.25, -0.2) is 8.42 Å². The molecule has 1 heterocycles. The normalized spacial score (nSPS) is 19.7. The number of nitrogens with two attached hydrogens (primary N) is 1. The van der Waals surface area contributed by atoms with E-state index < -0.39 is 15.9 Å². The fourth-order valence-corrected chi connectivity index (χ4v) is 3.23. The van der Waals surface area contributed by atoms with Crippen molar-refractivity contribution >= 4 is 39.5 Å². The van der Waals surface area contributed by atoms with E-state index in [1.165, 1.54) is 12.1 Å². The first-order valence-corrected chi connectivity index (χ1v) is 9.97. The average Bonchev–Trinajstić information content (AvgIpc) is 3.04. The molecule has 1 fully saturated rings. The SMILES string of the molecule is COCCNc1ccc(S(C)(=O)=O)cc1NC(=O)[C@@H]1CC[C@H](CN)O1.Cl. The summed E-state index contributed by atoms with van der Waals surface area (Å²) in [5, 5.41) is 5.88. The van der Waals surface area contributed by atoms with Gasteiger partial charge in [0, 0.05) is 26.5 Å². The molecule has 8 nitrogen and oxygen atoms in total. The van der Waals surface area contributed by atoms with Gasteiger partial charge in [0.05, 0.1) is 29.0 Å². The van der Waals surface area contributed by atoms with E-state index in [2.05, 4.69) is 10.6 Å². The van der Waals surface area contributed by atoms with Gasteiger partial charge in [0.1, 0.15) is 6.10 Å². The van der Waals surface area contributed by atoms with Gasteiger partial charge < -0.3 is 25.8 Å². The van der Waals surface area contributed by atoms with E-state index in [0.29, 0.717) is 37.5 Å². The second kappa shape index (κ2) is 10.1. The van der Waals surface area contributed by atoms with Crippen molar-refractivity contribution in [3.8, 4) is 0 Å². The zero-order chi connectivity index (χ0) is 18.4. The van der Waals surface area contributed by atoms with Crippen LogP contribution in [-0.2, 0) is 24.1 Å². The minimum absolute atomic E-state index is 0. The van der Waals surface area contributed by atoms with Gasteiger partial charge in [-0.15, -0.1) is 12.4 Å². The second-order valence-corrected chi connectivity index (χ2v) is 7.96. The van der Waals surface area contributed by atoms with Crippen LogP contribution >= 0.6 is 12.4 Å². The molecule has 10 heteroatoms. The summed E-state index contributed by atoms with van der Waals surface area (Å²) in [6.07, 6.45) is 1.75. The topological polar surface area (TPSA) is 120 Å². The van der Waals surface area contributed by atoms with Crippen molar-refractivity contribution in [2.45, 2.75) is 29.9 Å². The Hall–Kier alpha value is -1.39. The fourth-order valence-electron chi connectivity index (χ4n) is 2.58. The Morgan fingerprint density at radius 1 is 1.35 bits per heavy atom. The lowest BCUT2D eigenvalue weighted by Gasteiger charge is -2.17. The number of halogens is 1. The number of nitrogens with one attached hydrogen (secondary N) is 2. The van der Waals surface area contributed by atoms with E-state index in [-0.39, 0.29) is 29.3 Å². The first kappa shape index (κ1) is 22.7. The number of carbonyl (C=O) groups is 1. The summed E-state index contributed by atoms with van der Waals surface area (Å²) in [4.78, 5) is 12.6. The Kier molecular flexibility index (Phi) is 8.78. The maximum absolute atomic E-state index is 12.4. The van der Waals surface area contributed by atoms with Crippen molar-refractivity contribution in [3.63, 3.8) is 0 Å². The van der Waals surface area contributed by atoms with Gasteiger partial charge in [-0.05, 0) is 31.0 Å². The van der Waals surface area contributed by atoms with Crippen LogP contribution in [0.15, 0.2) is 23.1 Å². The van der Waals surface area contributed by atoms with Crippen LogP contribution in [0.25, 0.3) is 0 Å². The van der Waals surface area contributed by atoms with Crippen LogP contribution < -0.4 is 16.4 Å². The molecule has 4 N–H and O–H groups in total. The molecule has 0 unspecified atom stereocenters. The minimum Gasteiger partial charge on any atom is -0.383 e. The molecule has 148 valence electrons. The Bertz CT molecular complexity index is 714. The van der Waals surface area contributed by atoms with Crippen LogP contribution in [0.1, 0.15) is 12.8 Å². The van der Waals surface area contributed by atoms with E-state index in [4.69, 9.17) is 15.2 Å². The number of anilines is 2. The monoisotopic (exact) mass is 407 g/mol. The first-order chi connectivity index (χ1) is 11.8. The average molecular weight is 408 g/mol. The van der Waals surface area contributed by atoms with Crippen molar-refractivity contribution in [1.82, 2.24) is 0 Å². The van der Waals surface area contributed by atoms with Gasteiger partial charge >= 0.3 is 0 Å². The lowest BCUT2D eigenvalue weighted by molar-refractivity contribution is -0.126. The number of benzene rings is 1. The number of carbonyl (C=O) groups excluding carboxylic acids is 1. The number of amides is 1. The van der Waals surface area contributed by atoms with Crippen LogP contribution in [0.3, 0.4) is 0 Å². The largest absolute Gasteiger partial charge is 0.383 e. The van der Waals surface area contributed by atoms with E-state index in [1.807, 2.05) is 0 Å². The highest BCUT2D eigenvalue weighted by Gasteiger charge is 2.30. The number of ether oxygens (including phenoxy) is 2. The summed E-state index contributed by atoms with van der Waals surface area (Å²) in [5.74, 6) is -0.309. The molecule has 1 aromatic rings. The molecule has 0 bridgehead atoms. The number of rotatable bonds is 8. The standard InChI is InChI=1S/C16H25N3O5S.ClH/c1-23-8-7-18-13-5-4-12(25(2,21)22)9-14(13)19-16(20)15-6-3-11(10-17)24-15;/h4-5,9,11,15,18H,3,6-8,10,17H2,1-2H3,(H,19,20);1H/t11-,15+;/m1./s1. The smallest absolute Gasteiger partial charge is 0.253 e. The van der Waals surface area contributed by atoms with E-state index in [9.17, 15) is 13.2 Å². The molecule has 1 saturated heterocycles. The van der Waals surface area contributed by atoms with Crippen LogP contribution in [0.5, 0.6) is 0 Å². The molecule has 2 atom stereocenters. The third kappa shape index (κ3) is 6.10. The lowest BCUT2D eigenvalue weighted by atomic mass is 10.2. The molecule has 0 aliphatic carbocycles. The van der Waals surface area contributed by atoms with Crippen LogP contribution in [0, 0.1) is 0 Å². The quantitative estimate of drug-likeness (QED) is 0.550. The van der Waals surface area contributed by atoms with Crippen molar-refractivity contribution in [2.24, 2.45) is 5.73 Å². The summed E-state index contributed by atoms with van der Waals surface area (Å²) in [6, 6.07) is 4.56. The van der Waals surface area contributed by atoms with Crippen molar-refractivity contribution in [1.29, 1.82) is 0 Å². The number of sulfone groups is 1. The predicted molar refractivity (Wildman–Crippen MR) is 103 cm³/mol. The molecular weight excluding hydrogens is 382 g/mol. The van der Waals surface area contributed by atoms with Crippen molar-refractivity contribution < 1.29 is 22.7 Å². The van der Waals surface area contributed by atoms with E-state index in [0.717, 1.165) is 12.7 Å². The van der Waals surface area contributed by atoms with E-state index >= 15 is 0 Å². The Labute approximate surface area is 160 Å². The molecule has 0 spiro atoms. The number of hydrogen-bond acceptors (Lipinski definition) is 7. The predicted octanol–water partition coefficient (Wildman–Crippen LogP) is 1.01. The molecular formula is C16H26ClN3O5S. The van der Waals surface area contributed by atoms with Gasteiger partial charge in [-0.1, -0.05) is 0 Å². The van der Waals surface area contributed by atoms with Crippen LogP contribution in [-0.4, -0.2) is 59.6 Å². The Morgan fingerprint density at radius 3 is 2.65 bits per heavy atom. The van der Waals surface area contributed by atoms with Crippen molar-refractivity contribution in [2.75, 3.05) is 43.7 Å². The molecule has 1 aliphatic rings. The maximum Gasteiger partial charge on any atom is 0.253 e. The zero-order valence-electron chi connectivity index (χ0n) is 14.9. The van der Waals surface area contributed by atoms with Gasteiger partial charge in [0.2, 0.25) is 0 Å². The molecule has 2 rings (SSSR count).